The van der Waals surface area contributed by atoms with Crippen molar-refractivity contribution in [3.63, 3.8) is 0 Å². The quantitative estimate of drug-likeness (QED) is 0.861. The molecule has 6 heteroatoms. The predicted molar refractivity (Wildman–Crippen MR) is 78.4 cm³/mol. The lowest BCUT2D eigenvalue weighted by Crippen LogP contribution is -2.31. The topological polar surface area (TPSA) is 41.1 Å². The van der Waals surface area contributed by atoms with Gasteiger partial charge in [-0.1, -0.05) is 17.7 Å². The van der Waals surface area contributed by atoms with Gasteiger partial charge in [-0.3, -0.25) is 0 Å². The summed E-state index contributed by atoms with van der Waals surface area (Å²) in [6.07, 6.45) is 0. The van der Waals surface area contributed by atoms with Gasteiger partial charge in [0.2, 0.25) is 0 Å². The van der Waals surface area contributed by atoms with E-state index in [1.807, 2.05) is 0 Å². The molecule has 0 bridgehead atoms. The maximum Gasteiger partial charge on any atom is 0.319 e. The van der Waals surface area contributed by atoms with E-state index in [2.05, 4.69) is 10.6 Å². The van der Waals surface area contributed by atoms with Crippen LogP contribution < -0.4 is 10.6 Å². The van der Waals surface area contributed by atoms with Crippen molar-refractivity contribution in [2.45, 2.75) is 13.0 Å². The Labute approximate surface area is 125 Å². The summed E-state index contributed by atoms with van der Waals surface area (Å²) >= 11 is 5.75. The summed E-state index contributed by atoms with van der Waals surface area (Å²) in [4.78, 5) is 11.8. The van der Waals surface area contributed by atoms with Crippen molar-refractivity contribution in [1.82, 2.24) is 5.32 Å². The Hall–Kier alpha value is -2.14. The maximum absolute atomic E-state index is 13.1. The predicted octanol–water partition coefficient (Wildman–Crippen LogP) is 4.50. The summed E-state index contributed by atoms with van der Waals surface area (Å²) < 4.78 is 26.0. The molecule has 0 aromatic heterocycles. The minimum absolute atomic E-state index is 0.449. The highest BCUT2D eigenvalue weighted by molar-refractivity contribution is 6.30. The van der Waals surface area contributed by atoms with Gasteiger partial charge < -0.3 is 10.6 Å². The molecule has 2 aromatic rings. The number of amides is 2. The Balaban J connectivity index is 1.98. The van der Waals surface area contributed by atoms with Gasteiger partial charge in [0.15, 0.2) is 11.6 Å². The molecule has 21 heavy (non-hydrogen) atoms. The molecule has 1 atom stereocenters. The van der Waals surface area contributed by atoms with Crippen LogP contribution in [0.25, 0.3) is 0 Å². The normalized spacial score (nSPS) is 11.8. The summed E-state index contributed by atoms with van der Waals surface area (Å²) in [6.45, 7) is 1.67. The Kier molecular flexibility index (Phi) is 4.75. The molecule has 0 saturated heterocycles. The third-order valence-corrected chi connectivity index (χ3v) is 3.15. The minimum Gasteiger partial charge on any atom is -0.331 e. The van der Waals surface area contributed by atoms with Gasteiger partial charge in [0.25, 0.3) is 0 Å². The number of benzene rings is 2. The summed E-state index contributed by atoms with van der Waals surface area (Å²) in [5, 5.41) is 5.82. The number of halogens is 3. The molecule has 110 valence electrons. The summed E-state index contributed by atoms with van der Waals surface area (Å²) in [5.41, 5.74) is 1.05. The Morgan fingerprint density at radius 1 is 1.10 bits per heavy atom. The molecule has 0 aliphatic heterocycles. The van der Waals surface area contributed by atoms with E-state index in [0.29, 0.717) is 16.3 Å². The molecule has 3 nitrogen and oxygen atoms in total. The molecular formula is C15H13ClF2N2O. The van der Waals surface area contributed by atoms with Crippen molar-refractivity contribution in [3.8, 4) is 0 Å². The molecule has 0 heterocycles. The molecular weight excluding hydrogens is 298 g/mol. The van der Waals surface area contributed by atoms with Crippen molar-refractivity contribution in [2.24, 2.45) is 0 Å². The molecule has 0 fully saturated rings. The average molecular weight is 311 g/mol. The molecule has 0 aliphatic carbocycles. The Bertz CT molecular complexity index is 647. The Morgan fingerprint density at radius 3 is 2.38 bits per heavy atom. The van der Waals surface area contributed by atoms with E-state index < -0.39 is 23.7 Å². The number of carbonyl (C=O) groups is 1. The number of carbonyl (C=O) groups excluding carboxylic acids is 1. The second-order valence-corrected chi connectivity index (χ2v) is 4.94. The van der Waals surface area contributed by atoms with Crippen molar-refractivity contribution >= 4 is 23.3 Å². The number of rotatable bonds is 3. The molecule has 2 aromatic carbocycles. The Morgan fingerprint density at radius 2 is 1.76 bits per heavy atom. The molecule has 0 spiro atoms. The largest absolute Gasteiger partial charge is 0.331 e. The zero-order chi connectivity index (χ0) is 15.4. The lowest BCUT2D eigenvalue weighted by atomic mass is 10.1. The molecule has 2 amide bonds. The van der Waals surface area contributed by atoms with E-state index in [9.17, 15) is 13.6 Å². The first-order chi connectivity index (χ1) is 9.95. The first-order valence-corrected chi connectivity index (χ1v) is 6.61. The number of hydrogen-bond donors (Lipinski definition) is 2. The van der Waals surface area contributed by atoms with Crippen LogP contribution in [0.4, 0.5) is 19.3 Å². The number of hydrogen-bond acceptors (Lipinski definition) is 1. The maximum atomic E-state index is 13.1. The zero-order valence-corrected chi connectivity index (χ0v) is 11.9. The second kappa shape index (κ2) is 6.54. The average Bonchev–Trinajstić information content (AvgIpc) is 2.44. The van der Waals surface area contributed by atoms with Gasteiger partial charge in [-0.2, -0.15) is 0 Å². The van der Waals surface area contributed by atoms with Crippen LogP contribution in [0.2, 0.25) is 5.02 Å². The number of nitrogens with one attached hydrogen (secondary N) is 2. The standard InChI is InChI=1S/C15H13ClF2N2O/c1-9(10-2-7-13(17)14(18)8-10)19-15(21)20-12-5-3-11(16)4-6-12/h2-9H,1H3,(H2,19,20,21). The van der Waals surface area contributed by atoms with Crippen LogP contribution in [0.15, 0.2) is 42.5 Å². The van der Waals surface area contributed by atoms with E-state index in [0.717, 1.165) is 12.1 Å². The van der Waals surface area contributed by atoms with E-state index in [4.69, 9.17) is 11.6 Å². The monoisotopic (exact) mass is 310 g/mol. The minimum atomic E-state index is -0.945. The van der Waals surface area contributed by atoms with Crippen LogP contribution in [0, 0.1) is 11.6 Å². The second-order valence-electron chi connectivity index (χ2n) is 4.50. The lowest BCUT2D eigenvalue weighted by molar-refractivity contribution is 0.249. The van der Waals surface area contributed by atoms with E-state index in [1.54, 1.807) is 31.2 Å². The zero-order valence-electron chi connectivity index (χ0n) is 11.2. The van der Waals surface area contributed by atoms with Crippen molar-refractivity contribution in [2.75, 3.05) is 5.32 Å². The fourth-order valence-corrected chi connectivity index (χ4v) is 1.89. The van der Waals surface area contributed by atoms with E-state index >= 15 is 0 Å². The smallest absolute Gasteiger partial charge is 0.319 e. The van der Waals surface area contributed by atoms with Gasteiger partial charge in [0.05, 0.1) is 6.04 Å². The van der Waals surface area contributed by atoms with Crippen molar-refractivity contribution < 1.29 is 13.6 Å². The van der Waals surface area contributed by atoms with Gasteiger partial charge in [-0.25, -0.2) is 13.6 Å². The highest BCUT2D eigenvalue weighted by Gasteiger charge is 2.12. The highest BCUT2D eigenvalue weighted by atomic mass is 35.5. The molecule has 0 saturated carbocycles. The summed E-state index contributed by atoms with van der Waals surface area (Å²) in [6, 6.07) is 9.20. The molecule has 0 aliphatic rings. The van der Waals surface area contributed by atoms with E-state index in [1.165, 1.54) is 6.07 Å². The van der Waals surface area contributed by atoms with E-state index in [-0.39, 0.29) is 0 Å². The van der Waals surface area contributed by atoms with Gasteiger partial charge in [-0.05, 0) is 48.9 Å². The van der Waals surface area contributed by atoms with Gasteiger partial charge in [-0.15, -0.1) is 0 Å². The number of anilines is 1. The van der Waals surface area contributed by atoms with Gasteiger partial charge in [0, 0.05) is 10.7 Å². The van der Waals surface area contributed by atoms with Crippen LogP contribution in [0.5, 0.6) is 0 Å². The van der Waals surface area contributed by atoms with Gasteiger partial charge in [0.1, 0.15) is 0 Å². The lowest BCUT2D eigenvalue weighted by Gasteiger charge is -2.15. The number of urea groups is 1. The summed E-state index contributed by atoms with van der Waals surface area (Å²) in [7, 11) is 0. The molecule has 0 radical (unpaired) electrons. The van der Waals surface area contributed by atoms with Crippen LogP contribution in [-0.2, 0) is 0 Å². The molecule has 2 N–H and O–H groups in total. The van der Waals surface area contributed by atoms with Gasteiger partial charge >= 0.3 is 6.03 Å². The van der Waals surface area contributed by atoms with Crippen LogP contribution in [0.1, 0.15) is 18.5 Å². The summed E-state index contributed by atoms with van der Waals surface area (Å²) in [5.74, 6) is -1.86. The van der Waals surface area contributed by atoms with Crippen LogP contribution in [-0.4, -0.2) is 6.03 Å². The fraction of sp³-hybridized carbons (Fsp3) is 0.133. The fourth-order valence-electron chi connectivity index (χ4n) is 1.76. The SMILES string of the molecule is CC(NC(=O)Nc1ccc(Cl)cc1)c1ccc(F)c(F)c1. The first kappa shape index (κ1) is 15.3. The first-order valence-electron chi connectivity index (χ1n) is 6.24. The van der Waals surface area contributed by atoms with Crippen LogP contribution in [0.3, 0.4) is 0 Å². The highest BCUT2D eigenvalue weighted by Crippen LogP contribution is 2.17. The molecule has 1 unspecified atom stereocenters. The van der Waals surface area contributed by atoms with Crippen molar-refractivity contribution in [1.29, 1.82) is 0 Å². The van der Waals surface area contributed by atoms with Crippen LogP contribution >= 0.6 is 11.6 Å². The molecule has 2 rings (SSSR count). The van der Waals surface area contributed by atoms with Crippen molar-refractivity contribution in [3.05, 3.63) is 64.7 Å². The third-order valence-electron chi connectivity index (χ3n) is 2.89. The third kappa shape index (κ3) is 4.16.